The molecule has 27 heavy (non-hydrogen) atoms. The second-order valence-electron chi connectivity index (χ2n) is 6.27. The van der Waals surface area contributed by atoms with Gasteiger partial charge in [0.25, 0.3) is 5.56 Å². The van der Waals surface area contributed by atoms with Crippen LogP contribution < -0.4 is 16.0 Å². The first-order valence-electron chi connectivity index (χ1n) is 8.25. The van der Waals surface area contributed by atoms with Crippen LogP contribution in [0.15, 0.2) is 46.0 Å². The van der Waals surface area contributed by atoms with Crippen molar-refractivity contribution >= 4 is 22.5 Å². The first-order valence-corrected chi connectivity index (χ1v) is 8.63. The highest BCUT2D eigenvalue weighted by molar-refractivity contribution is 6.31. The van der Waals surface area contributed by atoms with Crippen LogP contribution in [0.5, 0.6) is 5.75 Å². The maximum atomic E-state index is 13.9. The first-order chi connectivity index (χ1) is 12.8. The minimum absolute atomic E-state index is 0.00164. The molecule has 0 fully saturated rings. The molecule has 0 spiro atoms. The number of benzene rings is 2. The number of fused-ring (bicyclic) bond motifs is 1. The topological polar surface area (TPSA) is 73.5 Å². The fourth-order valence-electron chi connectivity index (χ4n) is 2.91. The maximum Gasteiger partial charge on any atom is 0.331 e. The third-order valence-electron chi connectivity index (χ3n) is 4.21. The molecule has 6 nitrogen and oxygen atoms in total. The van der Waals surface area contributed by atoms with E-state index in [4.69, 9.17) is 16.3 Å². The van der Waals surface area contributed by atoms with E-state index in [1.54, 1.807) is 24.3 Å². The monoisotopic (exact) mass is 392 g/mol. The van der Waals surface area contributed by atoms with Crippen LogP contribution in [0.1, 0.15) is 12.5 Å². The molecule has 2 aromatic carbocycles. The number of aromatic nitrogens is 2. The maximum absolute atomic E-state index is 13.9. The van der Waals surface area contributed by atoms with E-state index >= 15 is 0 Å². The summed E-state index contributed by atoms with van der Waals surface area (Å²) < 4.78 is 21.3. The standard InChI is InChI=1S/C19H18ClFN2O4/c1-11(24)9-22-17-8-15(20)16(21)7-14(17)18(25)23(19(22)26)10-12-3-5-13(27-2)6-4-12/h3-8,11,24H,9-10H2,1-2H3/t11-/m0/s1. The van der Waals surface area contributed by atoms with Crippen LogP contribution >= 0.6 is 11.6 Å². The van der Waals surface area contributed by atoms with E-state index in [0.717, 1.165) is 10.6 Å². The number of nitrogens with zero attached hydrogens (tertiary/aromatic N) is 2. The highest BCUT2D eigenvalue weighted by Crippen LogP contribution is 2.20. The van der Waals surface area contributed by atoms with E-state index in [1.807, 2.05) is 0 Å². The van der Waals surface area contributed by atoms with Crippen molar-refractivity contribution in [3.63, 3.8) is 0 Å². The van der Waals surface area contributed by atoms with E-state index in [9.17, 15) is 19.1 Å². The lowest BCUT2D eigenvalue weighted by Gasteiger charge is -2.16. The normalized spacial score (nSPS) is 12.3. The summed E-state index contributed by atoms with van der Waals surface area (Å²) in [6, 6.07) is 9.15. The number of hydrogen-bond acceptors (Lipinski definition) is 4. The van der Waals surface area contributed by atoms with Crippen molar-refractivity contribution in [1.82, 2.24) is 9.13 Å². The van der Waals surface area contributed by atoms with Crippen LogP contribution in [0.3, 0.4) is 0 Å². The molecule has 142 valence electrons. The second-order valence-corrected chi connectivity index (χ2v) is 6.67. The molecular weight excluding hydrogens is 375 g/mol. The summed E-state index contributed by atoms with van der Waals surface area (Å²) >= 11 is 5.83. The molecule has 0 radical (unpaired) electrons. The van der Waals surface area contributed by atoms with Crippen LogP contribution in [-0.4, -0.2) is 27.5 Å². The first kappa shape index (κ1) is 19.1. The van der Waals surface area contributed by atoms with Crippen LogP contribution in [0.4, 0.5) is 4.39 Å². The lowest BCUT2D eigenvalue weighted by molar-refractivity contribution is 0.172. The van der Waals surface area contributed by atoms with Crippen molar-refractivity contribution in [1.29, 1.82) is 0 Å². The summed E-state index contributed by atoms with van der Waals surface area (Å²) in [6.07, 6.45) is -0.846. The summed E-state index contributed by atoms with van der Waals surface area (Å²) in [4.78, 5) is 25.7. The molecule has 3 aromatic rings. The zero-order valence-electron chi connectivity index (χ0n) is 14.8. The van der Waals surface area contributed by atoms with Gasteiger partial charge in [0, 0.05) is 0 Å². The summed E-state index contributed by atoms with van der Waals surface area (Å²) in [5, 5.41) is 9.57. The van der Waals surface area contributed by atoms with Crippen LogP contribution in [0, 0.1) is 5.82 Å². The average molecular weight is 393 g/mol. The van der Waals surface area contributed by atoms with Gasteiger partial charge in [0.2, 0.25) is 0 Å². The lowest BCUT2D eigenvalue weighted by Crippen LogP contribution is -2.41. The van der Waals surface area contributed by atoms with Crippen LogP contribution in [0.2, 0.25) is 5.02 Å². The molecule has 1 heterocycles. The molecule has 0 aliphatic heterocycles. The summed E-state index contributed by atoms with van der Waals surface area (Å²) in [7, 11) is 1.54. The molecule has 0 saturated carbocycles. The largest absolute Gasteiger partial charge is 0.497 e. The Morgan fingerprint density at radius 3 is 2.44 bits per heavy atom. The van der Waals surface area contributed by atoms with Crippen molar-refractivity contribution in [2.24, 2.45) is 0 Å². The minimum atomic E-state index is -0.846. The highest BCUT2D eigenvalue weighted by Gasteiger charge is 2.17. The van der Waals surface area contributed by atoms with Crippen molar-refractivity contribution in [3.8, 4) is 5.75 Å². The Balaban J connectivity index is 2.23. The van der Waals surface area contributed by atoms with Gasteiger partial charge in [0.05, 0.1) is 42.2 Å². The van der Waals surface area contributed by atoms with Crippen molar-refractivity contribution in [2.75, 3.05) is 7.11 Å². The summed E-state index contributed by atoms with van der Waals surface area (Å²) in [5.74, 6) is -0.104. The minimum Gasteiger partial charge on any atom is -0.497 e. The Hall–Kier alpha value is -2.64. The predicted octanol–water partition coefficient (Wildman–Crippen LogP) is 2.39. The number of methoxy groups -OCH3 is 1. The molecule has 0 aliphatic rings. The number of halogens is 2. The van der Waals surface area contributed by atoms with Gasteiger partial charge in [-0.2, -0.15) is 0 Å². The lowest BCUT2D eigenvalue weighted by atomic mass is 10.2. The molecule has 0 saturated heterocycles. The SMILES string of the molecule is COc1ccc(Cn2c(=O)c3cc(F)c(Cl)cc3n(C[C@H](C)O)c2=O)cc1. The molecular formula is C19H18ClFN2O4. The fourth-order valence-corrected chi connectivity index (χ4v) is 3.06. The van der Waals surface area contributed by atoms with Gasteiger partial charge in [-0.25, -0.2) is 9.18 Å². The molecule has 8 heteroatoms. The van der Waals surface area contributed by atoms with Crippen molar-refractivity contribution in [2.45, 2.75) is 26.1 Å². The summed E-state index contributed by atoms with van der Waals surface area (Å²) in [5.41, 5.74) is -0.342. The van der Waals surface area contributed by atoms with E-state index < -0.39 is 23.2 Å². The second kappa shape index (κ2) is 7.54. The number of rotatable bonds is 5. The number of hydrogen-bond donors (Lipinski definition) is 1. The number of aliphatic hydroxyl groups excluding tert-OH is 1. The zero-order chi connectivity index (χ0) is 19.7. The predicted molar refractivity (Wildman–Crippen MR) is 101 cm³/mol. The molecule has 0 unspecified atom stereocenters. The number of ether oxygens (including phenoxy) is 1. The van der Waals surface area contributed by atoms with E-state index in [0.29, 0.717) is 11.3 Å². The molecule has 1 aromatic heterocycles. The Morgan fingerprint density at radius 2 is 1.85 bits per heavy atom. The Bertz CT molecular complexity index is 1100. The van der Waals surface area contributed by atoms with E-state index in [-0.39, 0.29) is 29.0 Å². The van der Waals surface area contributed by atoms with E-state index in [2.05, 4.69) is 0 Å². The Labute approximate surface area is 159 Å². The summed E-state index contributed by atoms with van der Waals surface area (Å²) in [6.45, 7) is 1.46. The Kier molecular flexibility index (Phi) is 5.34. The fraction of sp³-hybridized carbons (Fsp3) is 0.263. The van der Waals surface area contributed by atoms with Crippen LogP contribution in [0.25, 0.3) is 10.9 Å². The molecule has 0 amide bonds. The van der Waals surface area contributed by atoms with Gasteiger partial charge in [-0.3, -0.25) is 13.9 Å². The number of aliphatic hydroxyl groups is 1. The van der Waals surface area contributed by atoms with Crippen molar-refractivity contribution in [3.05, 3.63) is 73.6 Å². The van der Waals surface area contributed by atoms with Gasteiger partial charge >= 0.3 is 5.69 Å². The van der Waals surface area contributed by atoms with Gasteiger partial charge in [-0.05, 0) is 36.8 Å². The average Bonchev–Trinajstić information content (AvgIpc) is 2.64. The third kappa shape index (κ3) is 3.74. The van der Waals surface area contributed by atoms with Gasteiger partial charge in [0.1, 0.15) is 11.6 Å². The van der Waals surface area contributed by atoms with Gasteiger partial charge < -0.3 is 9.84 Å². The molecule has 0 aliphatic carbocycles. The highest BCUT2D eigenvalue weighted by atomic mass is 35.5. The Morgan fingerprint density at radius 1 is 1.19 bits per heavy atom. The van der Waals surface area contributed by atoms with E-state index in [1.165, 1.54) is 24.7 Å². The molecule has 3 rings (SSSR count). The van der Waals surface area contributed by atoms with Gasteiger partial charge in [-0.15, -0.1) is 0 Å². The quantitative estimate of drug-likeness (QED) is 0.723. The van der Waals surface area contributed by atoms with Crippen LogP contribution in [-0.2, 0) is 13.1 Å². The zero-order valence-corrected chi connectivity index (χ0v) is 15.5. The molecule has 1 atom stereocenters. The van der Waals surface area contributed by atoms with Gasteiger partial charge in [-0.1, -0.05) is 23.7 Å². The van der Waals surface area contributed by atoms with Crippen molar-refractivity contribution < 1.29 is 14.2 Å². The molecule has 0 bridgehead atoms. The smallest absolute Gasteiger partial charge is 0.331 e. The third-order valence-corrected chi connectivity index (χ3v) is 4.50. The molecule has 1 N–H and O–H groups in total. The van der Waals surface area contributed by atoms with Gasteiger partial charge in [0.15, 0.2) is 0 Å².